The zero-order valence-electron chi connectivity index (χ0n) is 15.8. The molecule has 1 aliphatic carbocycles. The van der Waals surface area contributed by atoms with Crippen LogP contribution in [0.1, 0.15) is 52.7 Å². The molecule has 2 fully saturated rings. The number of ether oxygens (including phenoxy) is 1. The average molecular weight is 392 g/mol. The smallest absolute Gasteiger partial charge is 0.326 e. The SMILES string of the molecule is Cc1cc(C(=O)COC(=O)CN2C(=O)N[C@]3(CCCC[C@@H]3C)C2=O)c(C)s1. The molecule has 0 aromatic carbocycles. The first-order valence-electron chi connectivity index (χ1n) is 9.14. The summed E-state index contributed by atoms with van der Waals surface area (Å²) in [6.07, 6.45) is 3.33. The van der Waals surface area contributed by atoms with Crippen LogP contribution in [0.3, 0.4) is 0 Å². The molecule has 1 aromatic heterocycles. The number of urea groups is 1. The second-order valence-electron chi connectivity index (χ2n) is 7.35. The van der Waals surface area contributed by atoms with Gasteiger partial charge in [0.1, 0.15) is 12.1 Å². The highest BCUT2D eigenvalue weighted by Gasteiger charge is 2.55. The van der Waals surface area contributed by atoms with Crippen molar-refractivity contribution in [2.75, 3.05) is 13.2 Å². The summed E-state index contributed by atoms with van der Waals surface area (Å²) in [7, 11) is 0. The third-order valence-electron chi connectivity index (χ3n) is 5.49. The van der Waals surface area contributed by atoms with Gasteiger partial charge in [0.2, 0.25) is 5.78 Å². The quantitative estimate of drug-likeness (QED) is 0.472. The van der Waals surface area contributed by atoms with E-state index < -0.39 is 30.7 Å². The Morgan fingerprint density at radius 2 is 2.07 bits per heavy atom. The maximum absolute atomic E-state index is 12.8. The first-order valence-corrected chi connectivity index (χ1v) is 9.96. The minimum Gasteiger partial charge on any atom is -0.456 e. The molecule has 1 N–H and O–H groups in total. The van der Waals surface area contributed by atoms with Crippen molar-refractivity contribution in [3.63, 3.8) is 0 Å². The van der Waals surface area contributed by atoms with Gasteiger partial charge in [-0.3, -0.25) is 19.3 Å². The molecule has 7 nitrogen and oxygen atoms in total. The summed E-state index contributed by atoms with van der Waals surface area (Å²) in [5.41, 5.74) is -0.369. The van der Waals surface area contributed by atoms with Gasteiger partial charge in [-0.15, -0.1) is 11.3 Å². The predicted molar refractivity (Wildman–Crippen MR) is 99.7 cm³/mol. The third-order valence-corrected chi connectivity index (χ3v) is 6.46. The second kappa shape index (κ2) is 7.42. The average Bonchev–Trinajstić information content (AvgIpc) is 3.07. The van der Waals surface area contributed by atoms with Gasteiger partial charge in [-0.05, 0) is 38.7 Å². The minimum atomic E-state index is -0.906. The molecule has 27 heavy (non-hydrogen) atoms. The lowest BCUT2D eigenvalue weighted by atomic mass is 9.73. The molecule has 1 saturated heterocycles. The summed E-state index contributed by atoms with van der Waals surface area (Å²) in [5.74, 6) is -1.40. The van der Waals surface area contributed by atoms with Gasteiger partial charge in [0, 0.05) is 15.3 Å². The summed E-state index contributed by atoms with van der Waals surface area (Å²) >= 11 is 1.50. The van der Waals surface area contributed by atoms with E-state index in [0.29, 0.717) is 12.0 Å². The Kier molecular flexibility index (Phi) is 5.37. The molecule has 2 heterocycles. The normalized spacial score (nSPS) is 25.0. The van der Waals surface area contributed by atoms with E-state index in [1.54, 1.807) is 6.07 Å². The highest BCUT2D eigenvalue weighted by molar-refractivity contribution is 7.12. The summed E-state index contributed by atoms with van der Waals surface area (Å²) in [6.45, 7) is 4.81. The number of rotatable bonds is 5. The standard InChI is InChI=1S/C19H24N2O5S/c1-11-6-4-5-7-19(11)17(24)21(18(25)20-19)9-16(23)26-10-15(22)14-8-12(2)27-13(14)3/h8,11H,4-7,9-10H2,1-3H3,(H,20,25)/t11-,19-/m0/s1. The van der Waals surface area contributed by atoms with Crippen LogP contribution < -0.4 is 5.32 Å². The summed E-state index contributed by atoms with van der Waals surface area (Å²) in [6, 6.07) is 1.20. The molecule has 0 bridgehead atoms. The number of carbonyl (C=O) groups excluding carboxylic acids is 4. The van der Waals surface area contributed by atoms with Crippen molar-refractivity contribution in [1.29, 1.82) is 0 Å². The van der Waals surface area contributed by atoms with Crippen molar-refractivity contribution < 1.29 is 23.9 Å². The van der Waals surface area contributed by atoms with Crippen LogP contribution in [0.5, 0.6) is 0 Å². The van der Waals surface area contributed by atoms with E-state index in [1.807, 2.05) is 20.8 Å². The molecule has 1 spiro atoms. The molecule has 0 unspecified atom stereocenters. The Morgan fingerprint density at radius 1 is 1.33 bits per heavy atom. The molecule has 3 rings (SSSR count). The summed E-state index contributed by atoms with van der Waals surface area (Å²) < 4.78 is 5.03. The molecule has 3 amide bonds. The van der Waals surface area contributed by atoms with Crippen LogP contribution in [-0.4, -0.2) is 47.3 Å². The number of amides is 3. The van der Waals surface area contributed by atoms with Crippen LogP contribution in [-0.2, 0) is 14.3 Å². The third kappa shape index (κ3) is 3.63. The molecular formula is C19H24N2O5S. The maximum Gasteiger partial charge on any atom is 0.326 e. The molecule has 2 atom stereocenters. The van der Waals surface area contributed by atoms with E-state index in [1.165, 1.54) is 11.3 Å². The topological polar surface area (TPSA) is 92.8 Å². The zero-order chi connectivity index (χ0) is 19.8. The molecule has 146 valence electrons. The number of aryl methyl sites for hydroxylation is 2. The molecule has 1 saturated carbocycles. The van der Waals surface area contributed by atoms with Gasteiger partial charge in [-0.1, -0.05) is 19.8 Å². The molecule has 2 aliphatic rings. The molecule has 0 radical (unpaired) electrons. The van der Waals surface area contributed by atoms with Crippen LogP contribution in [0.2, 0.25) is 0 Å². The first kappa shape index (κ1) is 19.5. The minimum absolute atomic E-state index is 0.0232. The summed E-state index contributed by atoms with van der Waals surface area (Å²) in [5, 5.41) is 2.79. The van der Waals surface area contributed by atoms with Gasteiger partial charge in [0.25, 0.3) is 5.91 Å². The molecular weight excluding hydrogens is 368 g/mol. The molecule has 1 aromatic rings. The Hall–Kier alpha value is -2.22. The fourth-order valence-electron chi connectivity index (χ4n) is 3.95. The first-order chi connectivity index (χ1) is 12.7. The Balaban J connectivity index is 1.59. The van der Waals surface area contributed by atoms with E-state index in [2.05, 4.69) is 5.32 Å². The lowest BCUT2D eigenvalue weighted by Crippen LogP contribution is -2.54. The number of nitrogens with zero attached hydrogens (tertiary/aromatic N) is 1. The maximum atomic E-state index is 12.8. The lowest BCUT2D eigenvalue weighted by molar-refractivity contribution is -0.147. The number of carbonyl (C=O) groups is 4. The van der Waals surface area contributed by atoms with Gasteiger partial charge in [-0.25, -0.2) is 4.79 Å². The van der Waals surface area contributed by atoms with E-state index in [9.17, 15) is 19.2 Å². The van der Waals surface area contributed by atoms with Crippen LogP contribution >= 0.6 is 11.3 Å². The zero-order valence-corrected chi connectivity index (χ0v) is 16.6. The fourth-order valence-corrected chi connectivity index (χ4v) is 4.89. The van der Waals surface area contributed by atoms with E-state index in [-0.39, 0.29) is 17.6 Å². The van der Waals surface area contributed by atoms with Gasteiger partial charge < -0.3 is 10.1 Å². The van der Waals surface area contributed by atoms with Gasteiger partial charge in [0.05, 0.1) is 0 Å². The second-order valence-corrected chi connectivity index (χ2v) is 8.81. The highest BCUT2D eigenvalue weighted by atomic mass is 32.1. The highest BCUT2D eigenvalue weighted by Crippen LogP contribution is 2.38. The molecule has 8 heteroatoms. The number of imide groups is 1. The van der Waals surface area contributed by atoms with Crippen molar-refractivity contribution in [3.8, 4) is 0 Å². The number of esters is 1. The number of hydrogen-bond donors (Lipinski definition) is 1. The largest absolute Gasteiger partial charge is 0.456 e. The van der Waals surface area contributed by atoms with Gasteiger partial charge in [0.15, 0.2) is 6.61 Å². The molecule has 1 aliphatic heterocycles. The lowest BCUT2D eigenvalue weighted by Gasteiger charge is -2.36. The Morgan fingerprint density at radius 3 is 2.70 bits per heavy atom. The van der Waals surface area contributed by atoms with Gasteiger partial charge >= 0.3 is 12.0 Å². The number of hydrogen-bond acceptors (Lipinski definition) is 6. The van der Waals surface area contributed by atoms with Crippen molar-refractivity contribution in [2.24, 2.45) is 5.92 Å². The number of thiophene rings is 1. The van der Waals surface area contributed by atoms with Crippen LogP contribution in [0, 0.1) is 19.8 Å². The van der Waals surface area contributed by atoms with Crippen molar-refractivity contribution >= 4 is 35.0 Å². The monoisotopic (exact) mass is 392 g/mol. The van der Waals surface area contributed by atoms with Crippen molar-refractivity contribution in [1.82, 2.24) is 10.2 Å². The van der Waals surface area contributed by atoms with Crippen LogP contribution in [0.15, 0.2) is 6.07 Å². The predicted octanol–water partition coefficient (Wildman–Crippen LogP) is 2.59. The summed E-state index contributed by atoms with van der Waals surface area (Å²) in [4.78, 5) is 52.2. The van der Waals surface area contributed by atoms with Crippen molar-refractivity contribution in [2.45, 2.75) is 52.0 Å². The van der Waals surface area contributed by atoms with Crippen LogP contribution in [0.4, 0.5) is 4.79 Å². The Bertz CT molecular complexity index is 802. The number of ketones is 1. The van der Waals surface area contributed by atoms with E-state index in [4.69, 9.17) is 4.74 Å². The fraction of sp³-hybridized carbons (Fsp3) is 0.579. The van der Waals surface area contributed by atoms with Gasteiger partial charge in [-0.2, -0.15) is 0 Å². The number of Topliss-reactive ketones (excluding diaryl/α,β-unsaturated/α-hetero) is 1. The van der Waals surface area contributed by atoms with Crippen LogP contribution in [0.25, 0.3) is 0 Å². The number of nitrogens with one attached hydrogen (secondary N) is 1. The van der Waals surface area contributed by atoms with E-state index in [0.717, 1.165) is 33.9 Å². The Labute approximate surface area is 162 Å². The van der Waals surface area contributed by atoms with Crippen molar-refractivity contribution in [3.05, 3.63) is 21.4 Å². The van der Waals surface area contributed by atoms with E-state index >= 15 is 0 Å².